The molecule has 0 spiro atoms. The molecule has 0 bridgehead atoms. The molecule has 0 aliphatic heterocycles. The number of hydrogen-bond donors (Lipinski definition) is 1. The number of fused-ring (bicyclic) bond motifs is 1. The number of nitrogen functional groups attached to an aromatic ring is 1. The van der Waals surface area contributed by atoms with Crippen LogP contribution in [0.15, 0.2) is 48.5 Å². The van der Waals surface area contributed by atoms with E-state index in [0.717, 1.165) is 16.3 Å². The van der Waals surface area contributed by atoms with Crippen molar-refractivity contribution in [1.82, 2.24) is 0 Å². The van der Waals surface area contributed by atoms with Crippen LogP contribution in [0.3, 0.4) is 0 Å². The van der Waals surface area contributed by atoms with E-state index in [1.165, 1.54) is 12.1 Å². The van der Waals surface area contributed by atoms with Crippen molar-refractivity contribution in [3.05, 3.63) is 59.4 Å². The van der Waals surface area contributed by atoms with Gasteiger partial charge in [-0.25, -0.2) is 4.39 Å². The lowest BCUT2D eigenvalue weighted by Gasteiger charge is -2.11. The molecule has 0 atom stereocenters. The second-order valence-electron chi connectivity index (χ2n) is 4.78. The third-order valence-electron chi connectivity index (χ3n) is 3.42. The van der Waals surface area contributed by atoms with Crippen LogP contribution in [0.4, 0.5) is 10.1 Å². The number of ether oxygens (including phenoxy) is 1. The van der Waals surface area contributed by atoms with Crippen molar-refractivity contribution in [2.24, 2.45) is 0 Å². The molecule has 3 aromatic rings. The molecule has 0 saturated heterocycles. The Hall–Kier alpha value is -2.26. The van der Waals surface area contributed by atoms with Crippen molar-refractivity contribution in [2.75, 3.05) is 12.8 Å². The number of rotatable bonds is 2. The SMILES string of the molecule is COc1cc(-c2cc(F)ccc2N)cc2ccc(Cl)cc12. The fourth-order valence-electron chi connectivity index (χ4n) is 2.40. The molecule has 0 unspecified atom stereocenters. The number of halogens is 2. The molecule has 0 radical (unpaired) electrons. The van der Waals surface area contributed by atoms with Gasteiger partial charge in [0, 0.05) is 21.7 Å². The lowest BCUT2D eigenvalue weighted by atomic mass is 9.99. The lowest BCUT2D eigenvalue weighted by Crippen LogP contribution is -1.93. The Morgan fingerprint density at radius 1 is 1.05 bits per heavy atom. The number of anilines is 1. The Labute approximate surface area is 126 Å². The first-order valence-electron chi connectivity index (χ1n) is 6.41. The standard InChI is InChI=1S/C17H13ClFNO/c1-21-17-7-11(14-9-13(19)4-5-16(14)20)6-10-2-3-12(18)8-15(10)17/h2-9H,20H2,1H3. The maximum Gasteiger partial charge on any atom is 0.127 e. The van der Waals surface area contributed by atoms with Gasteiger partial charge in [-0.2, -0.15) is 0 Å². The third kappa shape index (κ3) is 2.52. The number of benzene rings is 3. The van der Waals surface area contributed by atoms with Gasteiger partial charge < -0.3 is 10.5 Å². The molecule has 2 N–H and O–H groups in total. The summed E-state index contributed by atoms with van der Waals surface area (Å²) in [5, 5.41) is 2.50. The van der Waals surface area contributed by atoms with Crippen LogP contribution in [0.2, 0.25) is 5.02 Å². The van der Waals surface area contributed by atoms with Crippen molar-refractivity contribution < 1.29 is 9.13 Å². The maximum atomic E-state index is 13.5. The van der Waals surface area contributed by atoms with E-state index < -0.39 is 0 Å². The first-order chi connectivity index (χ1) is 10.1. The van der Waals surface area contributed by atoms with E-state index in [-0.39, 0.29) is 5.82 Å². The minimum atomic E-state index is -0.325. The van der Waals surface area contributed by atoms with Gasteiger partial charge in [-0.1, -0.05) is 17.7 Å². The van der Waals surface area contributed by atoms with Crippen LogP contribution in [-0.4, -0.2) is 7.11 Å². The molecule has 0 heterocycles. The van der Waals surface area contributed by atoms with Gasteiger partial charge in [0.05, 0.1) is 7.11 Å². The highest BCUT2D eigenvalue weighted by Gasteiger charge is 2.10. The molecule has 106 valence electrons. The first-order valence-corrected chi connectivity index (χ1v) is 6.79. The fourth-order valence-corrected chi connectivity index (χ4v) is 2.57. The van der Waals surface area contributed by atoms with E-state index in [1.807, 2.05) is 30.3 Å². The summed E-state index contributed by atoms with van der Waals surface area (Å²) in [4.78, 5) is 0. The number of methoxy groups -OCH3 is 1. The van der Waals surface area contributed by atoms with Crippen molar-refractivity contribution in [2.45, 2.75) is 0 Å². The zero-order valence-corrected chi connectivity index (χ0v) is 12.1. The summed E-state index contributed by atoms with van der Waals surface area (Å²) in [6, 6.07) is 13.7. The van der Waals surface area contributed by atoms with Crippen LogP contribution in [0.25, 0.3) is 21.9 Å². The molecule has 3 rings (SSSR count). The minimum absolute atomic E-state index is 0.325. The second-order valence-corrected chi connectivity index (χ2v) is 5.21. The average molecular weight is 302 g/mol. The van der Waals surface area contributed by atoms with Crippen molar-refractivity contribution in [3.8, 4) is 16.9 Å². The van der Waals surface area contributed by atoms with Crippen molar-refractivity contribution in [1.29, 1.82) is 0 Å². The normalized spacial score (nSPS) is 10.8. The number of hydrogen-bond acceptors (Lipinski definition) is 2. The fraction of sp³-hybridized carbons (Fsp3) is 0.0588. The van der Waals surface area contributed by atoms with Gasteiger partial charge >= 0.3 is 0 Å². The van der Waals surface area contributed by atoms with E-state index in [9.17, 15) is 4.39 Å². The molecular weight excluding hydrogens is 289 g/mol. The van der Waals surface area contributed by atoms with Crippen LogP contribution in [0.1, 0.15) is 0 Å². The molecule has 0 fully saturated rings. The highest BCUT2D eigenvalue weighted by Crippen LogP contribution is 2.36. The molecule has 4 heteroatoms. The largest absolute Gasteiger partial charge is 0.496 e. The summed E-state index contributed by atoms with van der Waals surface area (Å²) in [5.41, 5.74) is 7.92. The third-order valence-corrected chi connectivity index (χ3v) is 3.66. The van der Waals surface area contributed by atoms with Gasteiger partial charge in [-0.15, -0.1) is 0 Å². The minimum Gasteiger partial charge on any atom is -0.496 e. The van der Waals surface area contributed by atoms with Crippen LogP contribution in [-0.2, 0) is 0 Å². The molecule has 0 aromatic heterocycles. The van der Waals surface area contributed by atoms with Crippen molar-refractivity contribution in [3.63, 3.8) is 0 Å². The summed E-state index contributed by atoms with van der Waals surface area (Å²) in [7, 11) is 1.59. The van der Waals surface area contributed by atoms with Gasteiger partial charge in [-0.3, -0.25) is 0 Å². The van der Waals surface area contributed by atoms with Gasteiger partial charge in [-0.05, 0) is 53.4 Å². The highest BCUT2D eigenvalue weighted by atomic mass is 35.5. The summed E-state index contributed by atoms with van der Waals surface area (Å²) in [6.45, 7) is 0. The van der Waals surface area contributed by atoms with E-state index in [4.69, 9.17) is 22.1 Å². The van der Waals surface area contributed by atoms with Crippen molar-refractivity contribution >= 4 is 28.1 Å². The molecule has 3 aromatic carbocycles. The van der Waals surface area contributed by atoms with E-state index >= 15 is 0 Å². The smallest absolute Gasteiger partial charge is 0.127 e. The second kappa shape index (κ2) is 5.26. The molecule has 2 nitrogen and oxygen atoms in total. The Balaban J connectivity index is 2.29. The van der Waals surface area contributed by atoms with E-state index in [0.29, 0.717) is 22.0 Å². The Bertz CT molecular complexity index is 832. The lowest BCUT2D eigenvalue weighted by molar-refractivity contribution is 0.420. The molecule has 0 amide bonds. The molecular formula is C17H13ClFNO. The quantitative estimate of drug-likeness (QED) is 0.684. The van der Waals surface area contributed by atoms with Gasteiger partial charge in [0.2, 0.25) is 0 Å². The topological polar surface area (TPSA) is 35.2 Å². The Kier molecular flexibility index (Phi) is 3.43. The van der Waals surface area contributed by atoms with Gasteiger partial charge in [0.15, 0.2) is 0 Å². The molecule has 0 aliphatic rings. The van der Waals surface area contributed by atoms with Crippen LogP contribution in [0, 0.1) is 5.82 Å². The Morgan fingerprint density at radius 2 is 1.86 bits per heavy atom. The monoisotopic (exact) mass is 301 g/mol. The summed E-state index contributed by atoms with van der Waals surface area (Å²) < 4.78 is 18.9. The summed E-state index contributed by atoms with van der Waals surface area (Å²) in [6.07, 6.45) is 0. The van der Waals surface area contributed by atoms with Crippen LogP contribution in [0.5, 0.6) is 5.75 Å². The van der Waals surface area contributed by atoms with E-state index in [2.05, 4.69) is 0 Å². The summed E-state index contributed by atoms with van der Waals surface area (Å²) in [5.74, 6) is 0.350. The molecule has 21 heavy (non-hydrogen) atoms. The number of nitrogens with two attached hydrogens (primary N) is 1. The molecule has 0 saturated carbocycles. The predicted octanol–water partition coefficient (Wildman–Crippen LogP) is 4.89. The Morgan fingerprint density at radius 3 is 2.62 bits per heavy atom. The average Bonchev–Trinajstić information content (AvgIpc) is 2.48. The zero-order valence-electron chi connectivity index (χ0n) is 11.4. The van der Waals surface area contributed by atoms with Gasteiger partial charge in [0.1, 0.15) is 11.6 Å². The van der Waals surface area contributed by atoms with Crippen LogP contribution >= 0.6 is 11.6 Å². The molecule has 0 aliphatic carbocycles. The van der Waals surface area contributed by atoms with Crippen LogP contribution < -0.4 is 10.5 Å². The summed E-state index contributed by atoms with van der Waals surface area (Å²) >= 11 is 6.03. The maximum absolute atomic E-state index is 13.5. The predicted molar refractivity (Wildman–Crippen MR) is 85.3 cm³/mol. The first kappa shape index (κ1) is 13.7. The van der Waals surface area contributed by atoms with Gasteiger partial charge in [0.25, 0.3) is 0 Å². The zero-order chi connectivity index (χ0) is 15.0. The van der Waals surface area contributed by atoms with E-state index in [1.54, 1.807) is 13.2 Å². The highest BCUT2D eigenvalue weighted by molar-refractivity contribution is 6.31.